The third kappa shape index (κ3) is 3.82. The fourth-order valence-electron chi connectivity index (χ4n) is 1.85. The largest absolute Gasteiger partial charge is 0.475 e. The standard InChI is InChI=1S/C12H19N3O3/c1-9-5-10(7-13-9)18-12-6-11(14-8-15-12)17-4-3-16-2/h6,8-10,13H,3-5,7H2,1-2H3/t9-,10-/m0/s1. The smallest absolute Gasteiger partial charge is 0.220 e. The SMILES string of the molecule is COCCOc1cc(O[C@@H]2CN[C@@H](C)C2)ncn1. The number of rotatable bonds is 6. The molecule has 0 saturated carbocycles. The molecule has 0 unspecified atom stereocenters. The zero-order chi connectivity index (χ0) is 12.8. The first kappa shape index (κ1) is 13.0. The minimum Gasteiger partial charge on any atom is -0.475 e. The summed E-state index contributed by atoms with van der Waals surface area (Å²) in [7, 11) is 1.63. The van der Waals surface area contributed by atoms with Gasteiger partial charge in [0.2, 0.25) is 11.8 Å². The highest BCUT2D eigenvalue weighted by molar-refractivity contribution is 5.18. The van der Waals surface area contributed by atoms with Crippen molar-refractivity contribution in [2.45, 2.75) is 25.5 Å². The van der Waals surface area contributed by atoms with Gasteiger partial charge in [0.05, 0.1) is 12.7 Å². The molecule has 0 bridgehead atoms. The second-order valence-electron chi connectivity index (χ2n) is 4.32. The van der Waals surface area contributed by atoms with E-state index in [1.54, 1.807) is 13.2 Å². The minimum atomic E-state index is 0.168. The van der Waals surface area contributed by atoms with Gasteiger partial charge < -0.3 is 19.5 Å². The van der Waals surface area contributed by atoms with Crippen molar-refractivity contribution in [1.29, 1.82) is 0 Å². The Kier molecular flexibility index (Phi) is 4.72. The molecule has 2 rings (SSSR count). The van der Waals surface area contributed by atoms with Crippen LogP contribution in [-0.2, 0) is 4.74 Å². The number of nitrogens with zero attached hydrogens (tertiary/aromatic N) is 2. The summed E-state index contributed by atoms with van der Waals surface area (Å²) < 4.78 is 16.1. The van der Waals surface area contributed by atoms with Crippen LogP contribution >= 0.6 is 0 Å². The van der Waals surface area contributed by atoms with Gasteiger partial charge in [0, 0.05) is 26.1 Å². The van der Waals surface area contributed by atoms with Gasteiger partial charge in [-0.05, 0) is 6.92 Å². The van der Waals surface area contributed by atoms with Crippen LogP contribution in [0.1, 0.15) is 13.3 Å². The quantitative estimate of drug-likeness (QED) is 0.750. The minimum absolute atomic E-state index is 0.168. The number of aromatic nitrogens is 2. The van der Waals surface area contributed by atoms with Gasteiger partial charge in [-0.2, -0.15) is 0 Å². The maximum atomic E-state index is 5.77. The molecule has 2 heterocycles. The van der Waals surface area contributed by atoms with E-state index < -0.39 is 0 Å². The Morgan fingerprint density at radius 2 is 2.17 bits per heavy atom. The number of hydrogen-bond donors (Lipinski definition) is 1. The summed E-state index contributed by atoms with van der Waals surface area (Å²) in [4.78, 5) is 8.10. The average Bonchev–Trinajstić information content (AvgIpc) is 2.76. The van der Waals surface area contributed by atoms with Crippen molar-refractivity contribution in [2.24, 2.45) is 0 Å². The fraction of sp³-hybridized carbons (Fsp3) is 0.667. The van der Waals surface area contributed by atoms with Gasteiger partial charge in [-0.1, -0.05) is 0 Å². The lowest BCUT2D eigenvalue weighted by Crippen LogP contribution is -2.21. The summed E-state index contributed by atoms with van der Waals surface area (Å²) in [5.41, 5.74) is 0. The first-order valence-electron chi connectivity index (χ1n) is 6.11. The summed E-state index contributed by atoms with van der Waals surface area (Å²) in [6.07, 6.45) is 2.61. The molecular weight excluding hydrogens is 234 g/mol. The van der Waals surface area contributed by atoms with E-state index in [9.17, 15) is 0 Å². The molecular formula is C12H19N3O3. The Hall–Kier alpha value is -1.40. The molecule has 0 spiro atoms. The lowest BCUT2D eigenvalue weighted by Gasteiger charge is -2.12. The van der Waals surface area contributed by atoms with Gasteiger partial charge in [0.25, 0.3) is 0 Å². The molecule has 18 heavy (non-hydrogen) atoms. The summed E-state index contributed by atoms with van der Waals surface area (Å²) in [6, 6.07) is 2.20. The lowest BCUT2D eigenvalue weighted by molar-refractivity contribution is 0.142. The lowest BCUT2D eigenvalue weighted by atomic mass is 10.2. The van der Waals surface area contributed by atoms with Crippen molar-refractivity contribution in [3.8, 4) is 11.8 Å². The molecule has 1 aromatic heterocycles. The summed E-state index contributed by atoms with van der Waals surface area (Å²) in [6.45, 7) is 3.99. The maximum absolute atomic E-state index is 5.77. The summed E-state index contributed by atoms with van der Waals surface area (Å²) in [5, 5.41) is 3.33. The van der Waals surface area contributed by atoms with Gasteiger partial charge in [-0.3, -0.25) is 0 Å². The summed E-state index contributed by atoms with van der Waals surface area (Å²) >= 11 is 0. The van der Waals surface area contributed by atoms with E-state index in [2.05, 4.69) is 22.2 Å². The van der Waals surface area contributed by atoms with Crippen molar-refractivity contribution in [3.63, 3.8) is 0 Å². The third-order valence-corrected chi connectivity index (χ3v) is 2.75. The number of hydrogen-bond acceptors (Lipinski definition) is 6. The van der Waals surface area contributed by atoms with Crippen LogP contribution in [0.25, 0.3) is 0 Å². The maximum Gasteiger partial charge on any atom is 0.220 e. The van der Waals surface area contributed by atoms with E-state index in [1.807, 2.05) is 0 Å². The van der Waals surface area contributed by atoms with Crippen molar-refractivity contribution in [3.05, 3.63) is 12.4 Å². The van der Waals surface area contributed by atoms with Gasteiger partial charge in [-0.15, -0.1) is 0 Å². The first-order chi connectivity index (χ1) is 8.78. The predicted molar refractivity (Wildman–Crippen MR) is 65.9 cm³/mol. The van der Waals surface area contributed by atoms with Crippen molar-refractivity contribution >= 4 is 0 Å². The second-order valence-corrected chi connectivity index (χ2v) is 4.32. The number of ether oxygens (including phenoxy) is 3. The highest BCUT2D eigenvalue weighted by Crippen LogP contribution is 2.17. The Labute approximate surface area is 107 Å². The van der Waals surface area contributed by atoms with Crippen LogP contribution in [0.5, 0.6) is 11.8 Å². The van der Waals surface area contributed by atoms with Crippen LogP contribution in [0.15, 0.2) is 12.4 Å². The molecule has 1 aromatic rings. The second kappa shape index (κ2) is 6.51. The van der Waals surface area contributed by atoms with E-state index in [1.165, 1.54) is 6.33 Å². The van der Waals surface area contributed by atoms with Gasteiger partial charge in [0.1, 0.15) is 19.0 Å². The normalized spacial score (nSPS) is 23.0. The molecule has 2 atom stereocenters. The van der Waals surface area contributed by atoms with Crippen LogP contribution in [0, 0.1) is 0 Å². The number of methoxy groups -OCH3 is 1. The molecule has 1 aliphatic rings. The topological polar surface area (TPSA) is 65.5 Å². The Morgan fingerprint density at radius 3 is 2.89 bits per heavy atom. The van der Waals surface area contributed by atoms with Crippen LogP contribution in [-0.4, -0.2) is 49.0 Å². The molecule has 0 aliphatic carbocycles. The fourth-order valence-corrected chi connectivity index (χ4v) is 1.85. The Bertz CT molecular complexity index is 375. The highest BCUT2D eigenvalue weighted by Gasteiger charge is 2.22. The molecule has 1 saturated heterocycles. The molecule has 6 nitrogen and oxygen atoms in total. The van der Waals surface area contributed by atoms with Crippen LogP contribution in [0.4, 0.5) is 0 Å². The molecule has 6 heteroatoms. The van der Waals surface area contributed by atoms with Gasteiger partial charge in [-0.25, -0.2) is 9.97 Å². The molecule has 1 aliphatic heterocycles. The Balaban J connectivity index is 1.86. The summed E-state index contributed by atoms with van der Waals surface area (Å²) in [5.74, 6) is 1.06. The predicted octanol–water partition coefficient (Wildman–Crippen LogP) is 0.631. The van der Waals surface area contributed by atoms with E-state index >= 15 is 0 Å². The average molecular weight is 253 g/mol. The van der Waals surface area contributed by atoms with Crippen molar-refractivity contribution in [2.75, 3.05) is 26.9 Å². The highest BCUT2D eigenvalue weighted by atomic mass is 16.5. The van der Waals surface area contributed by atoms with E-state index in [0.29, 0.717) is 31.0 Å². The number of nitrogens with one attached hydrogen (secondary N) is 1. The van der Waals surface area contributed by atoms with Crippen molar-refractivity contribution in [1.82, 2.24) is 15.3 Å². The van der Waals surface area contributed by atoms with E-state index in [0.717, 1.165) is 13.0 Å². The van der Waals surface area contributed by atoms with E-state index in [-0.39, 0.29) is 6.10 Å². The van der Waals surface area contributed by atoms with Crippen LogP contribution in [0.3, 0.4) is 0 Å². The van der Waals surface area contributed by atoms with Crippen LogP contribution < -0.4 is 14.8 Å². The monoisotopic (exact) mass is 253 g/mol. The van der Waals surface area contributed by atoms with Gasteiger partial charge >= 0.3 is 0 Å². The molecule has 0 amide bonds. The van der Waals surface area contributed by atoms with E-state index in [4.69, 9.17) is 14.2 Å². The van der Waals surface area contributed by atoms with Crippen LogP contribution in [0.2, 0.25) is 0 Å². The Morgan fingerprint density at radius 1 is 1.33 bits per heavy atom. The molecule has 0 aromatic carbocycles. The molecule has 1 N–H and O–H groups in total. The zero-order valence-electron chi connectivity index (χ0n) is 10.8. The van der Waals surface area contributed by atoms with Crippen molar-refractivity contribution < 1.29 is 14.2 Å². The first-order valence-corrected chi connectivity index (χ1v) is 6.11. The van der Waals surface area contributed by atoms with Gasteiger partial charge in [0.15, 0.2) is 0 Å². The third-order valence-electron chi connectivity index (χ3n) is 2.75. The zero-order valence-corrected chi connectivity index (χ0v) is 10.8. The molecule has 100 valence electrons. The molecule has 1 fully saturated rings. The molecule has 0 radical (unpaired) electrons.